The Morgan fingerprint density at radius 1 is 1.22 bits per heavy atom. The zero-order chi connectivity index (χ0) is 16.7. The van der Waals surface area contributed by atoms with Crippen molar-refractivity contribution in [1.29, 1.82) is 0 Å². The van der Waals surface area contributed by atoms with E-state index in [0.717, 1.165) is 35.6 Å². The lowest BCUT2D eigenvalue weighted by atomic mass is 10.2. The summed E-state index contributed by atoms with van der Waals surface area (Å²) in [4.78, 5) is 24.7. The molecule has 0 radical (unpaired) electrons. The van der Waals surface area contributed by atoms with Crippen LogP contribution in [0.2, 0.25) is 0 Å². The fraction of sp³-hybridized carbons (Fsp3) is 0.529. The van der Waals surface area contributed by atoms with E-state index < -0.39 is 0 Å². The smallest absolute Gasteiger partial charge is 0.279 e. The van der Waals surface area contributed by atoms with Gasteiger partial charge in [-0.15, -0.1) is 0 Å². The Morgan fingerprint density at radius 2 is 1.91 bits per heavy atom. The van der Waals surface area contributed by atoms with E-state index >= 15 is 0 Å². The predicted molar refractivity (Wildman–Crippen MR) is 88.4 cm³/mol. The van der Waals surface area contributed by atoms with E-state index in [1.807, 2.05) is 38.2 Å². The number of amides is 2. The standard InChI is InChI=1S/C17H25N3O3/c1-13-5-7-14(8-6-13)19-17(22)12-20(2)11-16(21)18-10-15-4-3-9-23-15/h5-8,15H,3-4,9-12H2,1-2H3,(H,18,21)(H,19,22)/p+1/t15-/m0/s1. The number of carbonyl (C=O) groups is 2. The van der Waals surface area contributed by atoms with Gasteiger partial charge in [-0.3, -0.25) is 9.59 Å². The van der Waals surface area contributed by atoms with Gasteiger partial charge in [-0.2, -0.15) is 0 Å². The second-order valence-corrected chi connectivity index (χ2v) is 6.16. The quantitative estimate of drug-likeness (QED) is 0.648. The summed E-state index contributed by atoms with van der Waals surface area (Å²) in [5, 5.41) is 5.71. The second-order valence-electron chi connectivity index (χ2n) is 6.16. The number of aryl methyl sites for hydroxylation is 1. The lowest BCUT2D eigenvalue weighted by Crippen LogP contribution is -3.11. The van der Waals surface area contributed by atoms with Crippen molar-refractivity contribution in [1.82, 2.24) is 5.32 Å². The van der Waals surface area contributed by atoms with Crippen LogP contribution in [0.1, 0.15) is 18.4 Å². The molecule has 1 aliphatic heterocycles. The van der Waals surface area contributed by atoms with Gasteiger partial charge >= 0.3 is 0 Å². The molecule has 1 aliphatic rings. The third kappa shape index (κ3) is 6.38. The highest BCUT2D eigenvalue weighted by atomic mass is 16.5. The topological polar surface area (TPSA) is 71.9 Å². The molecule has 23 heavy (non-hydrogen) atoms. The molecular weight excluding hydrogens is 294 g/mol. The van der Waals surface area contributed by atoms with Crippen molar-refractivity contribution in [2.24, 2.45) is 0 Å². The summed E-state index contributed by atoms with van der Waals surface area (Å²) in [5.41, 5.74) is 1.92. The molecular formula is C17H26N3O3+. The fourth-order valence-corrected chi connectivity index (χ4v) is 2.55. The number of quaternary nitrogens is 1. The van der Waals surface area contributed by atoms with Gasteiger partial charge < -0.3 is 20.3 Å². The largest absolute Gasteiger partial charge is 0.376 e. The average molecular weight is 320 g/mol. The lowest BCUT2D eigenvalue weighted by Gasteiger charge is -2.15. The number of nitrogens with one attached hydrogen (secondary N) is 3. The molecule has 0 aliphatic carbocycles. The van der Waals surface area contributed by atoms with Crippen LogP contribution in [0.4, 0.5) is 5.69 Å². The molecule has 0 bridgehead atoms. The maximum Gasteiger partial charge on any atom is 0.279 e. The SMILES string of the molecule is Cc1ccc(NC(=O)C[NH+](C)CC(=O)NC[C@@H]2CCCO2)cc1. The molecule has 1 saturated heterocycles. The molecule has 0 saturated carbocycles. The van der Waals surface area contributed by atoms with E-state index in [1.54, 1.807) is 0 Å². The molecule has 2 rings (SSSR count). The highest BCUT2D eigenvalue weighted by molar-refractivity contribution is 5.91. The van der Waals surface area contributed by atoms with Crippen molar-refractivity contribution < 1.29 is 19.2 Å². The van der Waals surface area contributed by atoms with Gasteiger partial charge in [0.2, 0.25) is 0 Å². The van der Waals surface area contributed by atoms with Gasteiger partial charge in [-0.05, 0) is 31.9 Å². The minimum atomic E-state index is -0.0988. The van der Waals surface area contributed by atoms with Crippen molar-refractivity contribution in [3.05, 3.63) is 29.8 Å². The van der Waals surface area contributed by atoms with Crippen molar-refractivity contribution in [3.8, 4) is 0 Å². The van der Waals surface area contributed by atoms with Crippen LogP contribution in [0.3, 0.4) is 0 Å². The minimum Gasteiger partial charge on any atom is -0.376 e. The van der Waals surface area contributed by atoms with Crippen LogP contribution in [0.5, 0.6) is 0 Å². The van der Waals surface area contributed by atoms with E-state index in [2.05, 4.69) is 10.6 Å². The zero-order valence-electron chi connectivity index (χ0n) is 13.9. The van der Waals surface area contributed by atoms with Crippen LogP contribution in [-0.4, -0.2) is 51.2 Å². The molecule has 1 unspecified atom stereocenters. The van der Waals surface area contributed by atoms with Crippen molar-refractivity contribution in [2.45, 2.75) is 25.9 Å². The number of hydrogen-bond donors (Lipinski definition) is 3. The van der Waals surface area contributed by atoms with Crippen molar-refractivity contribution in [3.63, 3.8) is 0 Å². The van der Waals surface area contributed by atoms with Gasteiger partial charge in [0.15, 0.2) is 13.1 Å². The third-order valence-electron chi connectivity index (χ3n) is 3.81. The first-order chi connectivity index (χ1) is 11.0. The summed E-state index contributed by atoms with van der Waals surface area (Å²) in [6.45, 7) is 3.86. The predicted octanol–water partition coefficient (Wildman–Crippen LogP) is -0.257. The molecule has 2 atom stereocenters. The Balaban J connectivity index is 1.66. The molecule has 0 aromatic heterocycles. The monoisotopic (exact) mass is 320 g/mol. The van der Waals surface area contributed by atoms with E-state index in [9.17, 15) is 9.59 Å². The van der Waals surface area contributed by atoms with Crippen molar-refractivity contribution in [2.75, 3.05) is 38.6 Å². The molecule has 6 nitrogen and oxygen atoms in total. The molecule has 3 N–H and O–H groups in total. The molecule has 6 heteroatoms. The highest BCUT2D eigenvalue weighted by Gasteiger charge is 2.18. The van der Waals surface area contributed by atoms with Gasteiger partial charge in [0.05, 0.1) is 13.2 Å². The number of hydrogen-bond acceptors (Lipinski definition) is 3. The van der Waals surface area contributed by atoms with Gasteiger partial charge in [-0.25, -0.2) is 0 Å². The summed E-state index contributed by atoms with van der Waals surface area (Å²) in [7, 11) is 1.83. The zero-order valence-corrected chi connectivity index (χ0v) is 13.9. The summed E-state index contributed by atoms with van der Waals surface area (Å²) in [6.07, 6.45) is 2.20. The van der Waals surface area contributed by atoms with Gasteiger partial charge in [0, 0.05) is 18.8 Å². The molecule has 0 spiro atoms. The van der Waals surface area contributed by atoms with E-state index in [-0.39, 0.29) is 31.0 Å². The van der Waals surface area contributed by atoms with Crippen LogP contribution >= 0.6 is 0 Å². The number of ether oxygens (including phenoxy) is 1. The van der Waals surface area contributed by atoms with Gasteiger partial charge in [0.25, 0.3) is 11.8 Å². The van der Waals surface area contributed by atoms with Gasteiger partial charge in [0.1, 0.15) is 0 Å². The fourth-order valence-electron chi connectivity index (χ4n) is 2.55. The number of likely N-dealkylation sites (N-methyl/N-ethyl adjacent to an activating group) is 1. The Bertz CT molecular complexity index is 524. The summed E-state index contributed by atoms with van der Waals surface area (Å²) >= 11 is 0. The molecule has 1 heterocycles. The maximum absolute atomic E-state index is 12.0. The molecule has 2 amide bonds. The highest BCUT2D eigenvalue weighted by Crippen LogP contribution is 2.10. The summed E-state index contributed by atoms with van der Waals surface area (Å²) in [5.74, 6) is -0.153. The summed E-state index contributed by atoms with van der Waals surface area (Å²) < 4.78 is 5.46. The van der Waals surface area contributed by atoms with Crippen LogP contribution in [0.15, 0.2) is 24.3 Å². The van der Waals surface area contributed by atoms with E-state index in [0.29, 0.717) is 6.54 Å². The van der Waals surface area contributed by atoms with Crippen LogP contribution in [0.25, 0.3) is 0 Å². The van der Waals surface area contributed by atoms with Crippen LogP contribution in [0, 0.1) is 6.92 Å². The van der Waals surface area contributed by atoms with Crippen molar-refractivity contribution >= 4 is 17.5 Å². The molecule has 1 aromatic carbocycles. The molecule has 1 aromatic rings. The van der Waals surface area contributed by atoms with Gasteiger partial charge in [-0.1, -0.05) is 17.7 Å². The van der Waals surface area contributed by atoms with E-state index in [1.165, 1.54) is 0 Å². The minimum absolute atomic E-state index is 0.0545. The number of benzene rings is 1. The Morgan fingerprint density at radius 3 is 2.57 bits per heavy atom. The van der Waals surface area contributed by atoms with Crippen LogP contribution < -0.4 is 15.5 Å². The molecule has 126 valence electrons. The van der Waals surface area contributed by atoms with Crippen LogP contribution in [-0.2, 0) is 14.3 Å². The number of anilines is 1. The van der Waals surface area contributed by atoms with E-state index in [4.69, 9.17) is 4.74 Å². The summed E-state index contributed by atoms with van der Waals surface area (Å²) in [6, 6.07) is 7.64. The normalized spacial score (nSPS) is 18.4. The lowest BCUT2D eigenvalue weighted by molar-refractivity contribution is -0.862. The third-order valence-corrected chi connectivity index (χ3v) is 3.81. The first-order valence-corrected chi connectivity index (χ1v) is 8.09. The number of carbonyl (C=O) groups excluding carboxylic acids is 2. The first-order valence-electron chi connectivity index (χ1n) is 8.09. The Kier molecular flexibility index (Phi) is 6.55. The first kappa shape index (κ1) is 17.4. The Labute approximate surface area is 137 Å². The number of rotatable bonds is 7. The maximum atomic E-state index is 12.0. The Hall–Kier alpha value is -1.92. The second kappa shape index (κ2) is 8.64. The molecule has 1 fully saturated rings. The average Bonchev–Trinajstić information content (AvgIpc) is 3.00.